The van der Waals surface area contributed by atoms with Crippen LogP contribution in [-0.4, -0.2) is 29.9 Å². The van der Waals surface area contributed by atoms with Crippen LogP contribution in [0.2, 0.25) is 0 Å². The minimum Gasteiger partial charge on any atom is -0.324 e. The Kier molecular flexibility index (Phi) is 5.35. The molecule has 0 saturated carbocycles. The van der Waals surface area contributed by atoms with E-state index in [4.69, 9.17) is 5.26 Å². The fourth-order valence-electron chi connectivity index (χ4n) is 2.77. The Bertz CT molecular complexity index is 535. The minimum absolute atomic E-state index is 0.0350. The average Bonchev–Trinajstić information content (AvgIpc) is 2.71. The number of benzene rings is 1. The highest BCUT2D eigenvalue weighted by Crippen LogP contribution is 2.19. The first-order chi connectivity index (χ1) is 10.1. The second-order valence-electron chi connectivity index (χ2n) is 5.89. The van der Waals surface area contributed by atoms with Crippen LogP contribution < -0.4 is 5.32 Å². The highest BCUT2D eigenvalue weighted by molar-refractivity contribution is 5.95. The van der Waals surface area contributed by atoms with E-state index in [0.717, 1.165) is 31.8 Å². The number of anilines is 1. The van der Waals surface area contributed by atoms with Gasteiger partial charge in [0.2, 0.25) is 5.91 Å². The molecule has 0 spiro atoms. The summed E-state index contributed by atoms with van der Waals surface area (Å²) in [5, 5.41) is 12.0. The Balaban J connectivity index is 2.01. The van der Waals surface area contributed by atoms with E-state index >= 15 is 0 Å². The van der Waals surface area contributed by atoms with Crippen molar-refractivity contribution in [2.45, 2.75) is 39.2 Å². The molecule has 1 aliphatic heterocycles. The summed E-state index contributed by atoms with van der Waals surface area (Å²) in [4.78, 5) is 14.7. The molecular formula is C17H23N3O. The number of likely N-dealkylation sites (tertiary alicyclic amines) is 1. The maximum atomic E-state index is 12.4. The smallest absolute Gasteiger partial charge is 0.241 e. The molecule has 1 fully saturated rings. The number of hydrogen-bond donors (Lipinski definition) is 1. The highest BCUT2D eigenvalue weighted by Gasteiger charge is 2.24. The number of rotatable bonds is 3. The summed E-state index contributed by atoms with van der Waals surface area (Å²) in [7, 11) is 0. The summed E-state index contributed by atoms with van der Waals surface area (Å²) in [6.07, 6.45) is 3.53. The summed E-state index contributed by atoms with van der Waals surface area (Å²) < 4.78 is 0. The first kappa shape index (κ1) is 15.5. The van der Waals surface area contributed by atoms with Gasteiger partial charge in [-0.3, -0.25) is 9.69 Å². The summed E-state index contributed by atoms with van der Waals surface area (Å²) in [5.74, 6) is 0.705. The van der Waals surface area contributed by atoms with E-state index in [9.17, 15) is 4.79 Å². The van der Waals surface area contributed by atoms with Crippen molar-refractivity contribution in [3.63, 3.8) is 0 Å². The van der Waals surface area contributed by atoms with E-state index in [0.29, 0.717) is 11.3 Å². The largest absolute Gasteiger partial charge is 0.324 e. The molecule has 2 unspecified atom stereocenters. The van der Waals surface area contributed by atoms with Gasteiger partial charge in [0, 0.05) is 0 Å². The Labute approximate surface area is 126 Å². The quantitative estimate of drug-likeness (QED) is 0.928. The SMILES string of the molecule is CC1CCCN(C(C)C(=O)Nc2ccccc2C#N)CC1. The molecule has 1 aromatic carbocycles. The molecule has 1 heterocycles. The van der Waals surface area contributed by atoms with Crippen LogP contribution in [0.5, 0.6) is 0 Å². The second-order valence-corrected chi connectivity index (χ2v) is 5.89. The minimum atomic E-state index is -0.165. The highest BCUT2D eigenvalue weighted by atomic mass is 16.2. The molecule has 2 atom stereocenters. The number of nitrogens with zero attached hydrogens (tertiary/aromatic N) is 2. The fourth-order valence-corrected chi connectivity index (χ4v) is 2.77. The Morgan fingerprint density at radius 2 is 2.14 bits per heavy atom. The van der Waals surface area contributed by atoms with Crippen molar-refractivity contribution < 1.29 is 4.79 Å². The Hall–Kier alpha value is -1.86. The van der Waals surface area contributed by atoms with Gasteiger partial charge in [0.25, 0.3) is 0 Å². The van der Waals surface area contributed by atoms with Crippen LogP contribution in [0.15, 0.2) is 24.3 Å². The van der Waals surface area contributed by atoms with E-state index in [1.54, 1.807) is 18.2 Å². The number of para-hydroxylation sites is 1. The zero-order valence-electron chi connectivity index (χ0n) is 12.8. The van der Waals surface area contributed by atoms with Crippen molar-refractivity contribution in [3.05, 3.63) is 29.8 Å². The Morgan fingerprint density at radius 1 is 1.38 bits per heavy atom. The summed E-state index contributed by atoms with van der Waals surface area (Å²) >= 11 is 0. The average molecular weight is 285 g/mol. The van der Waals surface area contributed by atoms with Gasteiger partial charge in [-0.15, -0.1) is 0 Å². The predicted molar refractivity (Wildman–Crippen MR) is 83.8 cm³/mol. The lowest BCUT2D eigenvalue weighted by Gasteiger charge is -2.26. The lowest BCUT2D eigenvalue weighted by atomic mass is 10.0. The standard InChI is InChI=1S/C17H23N3O/c1-13-6-5-10-20(11-9-13)14(2)17(21)19-16-8-4-3-7-15(16)12-18/h3-4,7-8,13-14H,5-6,9-11H2,1-2H3,(H,19,21). The van der Waals surface area contributed by atoms with Crippen LogP contribution in [0.1, 0.15) is 38.7 Å². The van der Waals surface area contributed by atoms with Crippen molar-refractivity contribution in [1.29, 1.82) is 5.26 Å². The molecule has 1 aliphatic rings. The maximum absolute atomic E-state index is 12.4. The monoisotopic (exact) mass is 285 g/mol. The molecule has 1 N–H and O–H groups in total. The molecule has 21 heavy (non-hydrogen) atoms. The van der Waals surface area contributed by atoms with Crippen molar-refractivity contribution in [2.75, 3.05) is 18.4 Å². The van der Waals surface area contributed by atoms with Gasteiger partial charge >= 0.3 is 0 Å². The van der Waals surface area contributed by atoms with E-state index in [2.05, 4.69) is 23.2 Å². The van der Waals surface area contributed by atoms with E-state index in [-0.39, 0.29) is 11.9 Å². The van der Waals surface area contributed by atoms with Gasteiger partial charge in [-0.05, 0) is 57.3 Å². The molecule has 4 nitrogen and oxygen atoms in total. The van der Waals surface area contributed by atoms with E-state index in [1.807, 2.05) is 13.0 Å². The van der Waals surface area contributed by atoms with Crippen molar-refractivity contribution >= 4 is 11.6 Å². The molecule has 0 aliphatic carbocycles. The zero-order valence-corrected chi connectivity index (χ0v) is 12.8. The van der Waals surface area contributed by atoms with E-state index < -0.39 is 0 Å². The zero-order chi connectivity index (χ0) is 15.2. The van der Waals surface area contributed by atoms with Crippen LogP contribution in [0.4, 0.5) is 5.69 Å². The van der Waals surface area contributed by atoms with Crippen molar-refractivity contribution in [1.82, 2.24) is 4.90 Å². The summed E-state index contributed by atoms with van der Waals surface area (Å²) in [5.41, 5.74) is 1.10. The molecule has 0 aromatic heterocycles. The van der Waals surface area contributed by atoms with Gasteiger partial charge in [0.15, 0.2) is 0 Å². The summed E-state index contributed by atoms with van der Waals surface area (Å²) in [6, 6.07) is 9.06. The topological polar surface area (TPSA) is 56.1 Å². The molecule has 1 saturated heterocycles. The van der Waals surface area contributed by atoms with Crippen LogP contribution >= 0.6 is 0 Å². The number of hydrogen-bond acceptors (Lipinski definition) is 3. The maximum Gasteiger partial charge on any atom is 0.241 e. The molecule has 4 heteroatoms. The number of carbonyl (C=O) groups excluding carboxylic acids is 1. The molecule has 0 bridgehead atoms. The molecular weight excluding hydrogens is 262 g/mol. The van der Waals surface area contributed by atoms with Crippen LogP contribution in [0.25, 0.3) is 0 Å². The lowest BCUT2D eigenvalue weighted by molar-refractivity contribution is -0.120. The third kappa shape index (κ3) is 4.05. The van der Waals surface area contributed by atoms with Gasteiger partial charge in [0.05, 0.1) is 17.3 Å². The van der Waals surface area contributed by atoms with Gasteiger partial charge in [-0.2, -0.15) is 5.26 Å². The first-order valence-electron chi connectivity index (χ1n) is 7.66. The third-order valence-corrected chi connectivity index (χ3v) is 4.28. The number of carbonyl (C=O) groups is 1. The number of nitriles is 1. The van der Waals surface area contributed by atoms with Crippen LogP contribution in [0.3, 0.4) is 0 Å². The molecule has 1 aromatic rings. The van der Waals surface area contributed by atoms with Gasteiger partial charge in [-0.1, -0.05) is 19.1 Å². The normalized spacial score (nSPS) is 21.1. The van der Waals surface area contributed by atoms with Crippen LogP contribution in [-0.2, 0) is 4.79 Å². The van der Waals surface area contributed by atoms with Gasteiger partial charge in [0.1, 0.15) is 6.07 Å². The van der Waals surface area contributed by atoms with Crippen molar-refractivity contribution in [3.8, 4) is 6.07 Å². The number of nitrogens with one attached hydrogen (secondary N) is 1. The Morgan fingerprint density at radius 3 is 2.90 bits per heavy atom. The van der Waals surface area contributed by atoms with Gasteiger partial charge < -0.3 is 5.32 Å². The molecule has 0 radical (unpaired) electrons. The second kappa shape index (κ2) is 7.24. The van der Waals surface area contributed by atoms with Gasteiger partial charge in [-0.25, -0.2) is 0 Å². The summed E-state index contributed by atoms with van der Waals surface area (Å²) in [6.45, 7) is 6.16. The first-order valence-corrected chi connectivity index (χ1v) is 7.66. The number of amides is 1. The molecule has 2 rings (SSSR count). The molecule has 112 valence electrons. The van der Waals surface area contributed by atoms with Crippen molar-refractivity contribution in [2.24, 2.45) is 5.92 Å². The molecule has 1 amide bonds. The predicted octanol–water partition coefficient (Wildman–Crippen LogP) is 3.01. The van der Waals surface area contributed by atoms with Crippen LogP contribution in [0, 0.1) is 17.2 Å². The third-order valence-electron chi connectivity index (χ3n) is 4.28. The fraction of sp³-hybridized carbons (Fsp3) is 0.529. The lowest BCUT2D eigenvalue weighted by Crippen LogP contribution is -2.42. The van der Waals surface area contributed by atoms with E-state index in [1.165, 1.54) is 6.42 Å².